The molecule has 3 unspecified atom stereocenters. The molecule has 15 heavy (non-hydrogen) atoms. The van der Waals surface area contributed by atoms with Crippen molar-refractivity contribution in [2.75, 3.05) is 13.6 Å². The van der Waals surface area contributed by atoms with Gasteiger partial charge in [-0.3, -0.25) is 4.79 Å². The number of nitrogens with one attached hydrogen (secondary N) is 1. The van der Waals surface area contributed by atoms with Gasteiger partial charge in [-0.05, 0) is 39.2 Å². The van der Waals surface area contributed by atoms with Crippen LogP contribution in [0.2, 0.25) is 0 Å². The van der Waals surface area contributed by atoms with Crippen LogP contribution in [-0.4, -0.2) is 36.5 Å². The van der Waals surface area contributed by atoms with Gasteiger partial charge in [0.15, 0.2) is 0 Å². The molecule has 1 N–H and O–H groups in total. The molecule has 0 aromatic rings. The minimum absolute atomic E-state index is 0.0225. The Labute approximate surface area is 92.2 Å². The summed E-state index contributed by atoms with van der Waals surface area (Å²) in [6.45, 7) is 2.94. The normalized spacial score (nSPS) is 32.5. The molecule has 0 bridgehead atoms. The van der Waals surface area contributed by atoms with Crippen molar-refractivity contribution >= 4 is 5.91 Å². The molecule has 1 heterocycles. The minimum atomic E-state index is -0.0225. The Balaban J connectivity index is 2.01. The summed E-state index contributed by atoms with van der Waals surface area (Å²) in [5, 5.41) is 3.05. The maximum absolute atomic E-state index is 12.1. The van der Waals surface area contributed by atoms with Crippen LogP contribution in [0.3, 0.4) is 0 Å². The molecular weight excluding hydrogens is 188 g/mol. The number of hydrogen-bond donors (Lipinski definition) is 1. The van der Waals surface area contributed by atoms with E-state index in [0.29, 0.717) is 11.9 Å². The number of carbonyl (C=O) groups excluding carboxylic acids is 1. The standard InChI is InChI=1S/C12H22N2O/c1-9(13-2)12(15)14-8-7-10-5-3-4-6-11(10)14/h9-11,13H,3-8H2,1-2H3. The van der Waals surface area contributed by atoms with Gasteiger partial charge in [-0.1, -0.05) is 12.8 Å². The number of fused-ring (bicyclic) bond motifs is 1. The van der Waals surface area contributed by atoms with Crippen LogP contribution < -0.4 is 5.32 Å². The highest BCUT2D eigenvalue weighted by atomic mass is 16.2. The zero-order valence-electron chi connectivity index (χ0n) is 9.83. The summed E-state index contributed by atoms with van der Waals surface area (Å²) in [6.07, 6.45) is 6.46. The molecule has 0 radical (unpaired) electrons. The Bertz CT molecular complexity index is 242. The number of amides is 1. The average molecular weight is 210 g/mol. The number of rotatable bonds is 2. The smallest absolute Gasteiger partial charge is 0.239 e. The molecule has 0 spiro atoms. The fourth-order valence-corrected chi connectivity index (χ4v) is 3.05. The third-order valence-electron chi connectivity index (χ3n) is 4.10. The van der Waals surface area contributed by atoms with Crippen molar-refractivity contribution < 1.29 is 4.79 Å². The van der Waals surface area contributed by atoms with Crippen LogP contribution in [0.5, 0.6) is 0 Å². The molecule has 0 aromatic carbocycles. The summed E-state index contributed by atoms with van der Waals surface area (Å²) in [6, 6.07) is 0.535. The molecule has 2 aliphatic rings. The number of likely N-dealkylation sites (N-methyl/N-ethyl adjacent to an activating group) is 1. The predicted molar refractivity (Wildman–Crippen MR) is 60.6 cm³/mol. The molecular formula is C12H22N2O. The first kappa shape index (κ1) is 10.9. The summed E-state index contributed by atoms with van der Waals surface area (Å²) < 4.78 is 0. The van der Waals surface area contributed by atoms with E-state index in [2.05, 4.69) is 10.2 Å². The number of hydrogen-bond acceptors (Lipinski definition) is 2. The minimum Gasteiger partial charge on any atom is -0.338 e. The number of nitrogens with zero attached hydrogens (tertiary/aromatic N) is 1. The van der Waals surface area contributed by atoms with Gasteiger partial charge in [-0.2, -0.15) is 0 Å². The van der Waals surface area contributed by atoms with Crippen LogP contribution in [0.15, 0.2) is 0 Å². The van der Waals surface area contributed by atoms with E-state index in [9.17, 15) is 4.79 Å². The van der Waals surface area contributed by atoms with E-state index in [1.807, 2.05) is 14.0 Å². The van der Waals surface area contributed by atoms with Gasteiger partial charge in [0.05, 0.1) is 6.04 Å². The monoisotopic (exact) mass is 210 g/mol. The molecule has 1 amide bonds. The van der Waals surface area contributed by atoms with E-state index < -0.39 is 0 Å². The van der Waals surface area contributed by atoms with E-state index in [1.165, 1.54) is 32.1 Å². The quantitative estimate of drug-likeness (QED) is 0.747. The molecule has 1 saturated carbocycles. The first-order chi connectivity index (χ1) is 7.24. The Morgan fingerprint density at radius 3 is 2.80 bits per heavy atom. The molecule has 3 heteroatoms. The van der Waals surface area contributed by atoms with E-state index in [1.54, 1.807) is 0 Å². The lowest BCUT2D eigenvalue weighted by Gasteiger charge is -2.33. The second-order valence-corrected chi connectivity index (χ2v) is 4.94. The maximum Gasteiger partial charge on any atom is 0.239 e. The van der Waals surface area contributed by atoms with Gasteiger partial charge in [-0.15, -0.1) is 0 Å². The van der Waals surface area contributed by atoms with Crippen molar-refractivity contribution in [3.05, 3.63) is 0 Å². The van der Waals surface area contributed by atoms with E-state index in [-0.39, 0.29) is 6.04 Å². The van der Waals surface area contributed by atoms with E-state index in [4.69, 9.17) is 0 Å². The van der Waals surface area contributed by atoms with E-state index >= 15 is 0 Å². The van der Waals surface area contributed by atoms with Crippen molar-refractivity contribution in [2.24, 2.45) is 5.92 Å². The van der Waals surface area contributed by atoms with Crippen molar-refractivity contribution in [2.45, 2.75) is 51.1 Å². The first-order valence-corrected chi connectivity index (χ1v) is 6.21. The van der Waals surface area contributed by atoms with Crippen LogP contribution in [0, 0.1) is 5.92 Å². The first-order valence-electron chi connectivity index (χ1n) is 6.21. The molecule has 1 saturated heterocycles. The molecule has 2 rings (SSSR count). The highest BCUT2D eigenvalue weighted by molar-refractivity contribution is 5.82. The number of likely N-dealkylation sites (tertiary alicyclic amines) is 1. The van der Waals surface area contributed by atoms with Gasteiger partial charge < -0.3 is 10.2 Å². The Hall–Kier alpha value is -0.570. The van der Waals surface area contributed by atoms with Crippen LogP contribution in [0.4, 0.5) is 0 Å². The fraction of sp³-hybridized carbons (Fsp3) is 0.917. The molecule has 86 valence electrons. The maximum atomic E-state index is 12.1. The van der Waals surface area contributed by atoms with Gasteiger partial charge in [0, 0.05) is 12.6 Å². The van der Waals surface area contributed by atoms with Crippen molar-refractivity contribution in [1.29, 1.82) is 0 Å². The third-order valence-corrected chi connectivity index (χ3v) is 4.10. The molecule has 1 aliphatic carbocycles. The molecule has 3 atom stereocenters. The van der Waals surface area contributed by atoms with Crippen molar-refractivity contribution in [3.8, 4) is 0 Å². The van der Waals surface area contributed by atoms with E-state index in [0.717, 1.165) is 12.5 Å². The second-order valence-electron chi connectivity index (χ2n) is 4.94. The third kappa shape index (κ3) is 2.03. The summed E-state index contributed by atoms with van der Waals surface area (Å²) in [5.41, 5.74) is 0. The van der Waals surface area contributed by atoms with Crippen molar-refractivity contribution in [1.82, 2.24) is 10.2 Å². The summed E-state index contributed by atoms with van der Waals surface area (Å²) >= 11 is 0. The van der Waals surface area contributed by atoms with Gasteiger partial charge >= 0.3 is 0 Å². The zero-order chi connectivity index (χ0) is 10.8. The summed E-state index contributed by atoms with van der Waals surface area (Å²) in [5.74, 6) is 1.10. The topological polar surface area (TPSA) is 32.3 Å². The van der Waals surface area contributed by atoms with Crippen LogP contribution in [0.1, 0.15) is 39.0 Å². The lowest BCUT2D eigenvalue weighted by molar-refractivity contribution is -0.134. The Kier molecular flexibility index (Phi) is 3.29. The van der Waals surface area contributed by atoms with Gasteiger partial charge in [0.25, 0.3) is 0 Å². The van der Waals surface area contributed by atoms with Gasteiger partial charge in [0.2, 0.25) is 5.91 Å². The van der Waals surface area contributed by atoms with Crippen LogP contribution >= 0.6 is 0 Å². The second kappa shape index (κ2) is 4.52. The molecule has 1 aliphatic heterocycles. The zero-order valence-corrected chi connectivity index (χ0v) is 9.83. The predicted octanol–water partition coefficient (Wildman–Crippen LogP) is 1.39. The summed E-state index contributed by atoms with van der Waals surface area (Å²) in [7, 11) is 1.86. The molecule has 2 fully saturated rings. The largest absolute Gasteiger partial charge is 0.338 e. The average Bonchev–Trinajstić information content (AvgIpc) is 2.70. The highest BCUT2D eigenvalue weighted by Crippen LogP contribution is 2.36. The molecule has 3 nitrogen and oxygen atoms in total. The Morgan fingerprint density at radius 2 is 2.07 bits per heavy atom. The van der Waals surface area contributed by atoms with Gasteiger partial charge in [0.1, 0.15) is 0 Å². The SMILES string of the molecule is CNC(C)C(=O)N1CCC2CCCCC21. The number of carbonyl (C=O) groups is 1. The lowest BCUT2D eigenvalue weighted by Crippen LogP contribution is -2.47. The van der Waals surface area contributed by atoms with Crippen LogP contribution in [0.25, 0.3) is 0 Å². The fourth-order valence-electron chi connectivity index (χ4n) is 3.05. The summed E-state index contributed by atoms with van der Waals surface area (Å²) in [4.78, 5) is 14.2. The lowest BCUT2D eigenvalue weighted by atomic mass is 9.85. The molecule has 0 aromatic heterocycles. The van der Waals surface area contributed by atoms with Crippen LogP contribution in [-0.2, 0) is 4.79 Å². The van der Waals surface area contributed by atoms with Gasteiger partial charge in [-0.25, -0.2) is 0 Å². The Morgan fingerprint density at radius 1 is 1.33 bits per heavy atom. The van der Waals surface area contributed by atoms with Crippen molar-refractivity contribution in [3.63, 3.8) is 0 Å². The highest BCUT2D eigenvalue weighted by Gasteiger charge is 2.38.